The van der Waals surface area contributed by atoms with E-state index in [2.05, 4.69) is 114 Å². The number of terminal acetylenes is 1. The zero-order chi connectivity index (χ0) is 57.3. The second-order valence-corrected chi connectivity index (χ2v) is 25.8. The zero-order valence-corrected chi connectivity index (χ0v) is 52.7. The Morgan fingerprint density at radius 3 is 1.40 bits per heavy atom. The van der Waals surface area contributed by atoms with Crippen LogP contribution < -0.4 is 44.1 Å². The minimum absolute atomic E-state index is 0. The number of aliphatic hydroxyl groups is 1. The fraction of sp³-hybridized carbons (Fsp3) is 0.250. The molecule has 4 aromatic carbocycles. The Balaban J connectivity index is 0.000000475. The van der Waals surface area contributed by atoms with E-state index < -0.39 is 49.9 Å². The molecule has 0 bridgehead atoms. The number of aromatic hydroxyl groups is 2. The van der Waals surface area contributed by atoms with Gasteiger partial charge < -0.3 is 63.3 Å². The average Bonchev–Trinajstić information content (AvgIpc) is 4.19. The van der Waals surface area contributed by atoms with Crippen LogP contribution in [0.15, 0.2) is 146 Å². The van der Waals surface area contributed by atoms with Crippen LogP contribution in [-0.4, -0.2) is 97.2 Å². The number of aliphatic hydroxyl groups excluding tert-OH is 1. The smallest absolute Gasteiger partial charge is 0.546 e. The molecule has 0 saturated carbocycles. The first-order chi connectivity index (χ1) is 35.5. The first-order valence-electron chi connectivity index (χ1n) is 22.2. The SMILES string of the molecule is C#C[Si](C)(C)C.C[C@@H](O)C(=O)OC(C)(C)C.C[C@H](Oc1ccc(Br)cc1-c1ccon1)C(=O)O.C[C@H](Oc1ccc(Br)cc1-c1ccon1)C(=O)[O-].O/N=C/c1cc(Br)ccc1O.Oc1ccc(Br)cc1-c1ccon1.[Na+]. The molecular formula is C52H55Br4N4NaO15Si. The molecular weight excluding hydrogens is 1290 g/mol. The summed E-state index contributed by atoms with van der Waals surface area (Å²) in [5.74, 6) is -1.74. The molecule has 406 valence electrons. The molecule has 5 N–H and O–H groups in total. The number of aromatic nitrogens is 3. The summed E-state index contributed by atoms with van der Waals surface area (Å²) in [4.78, 5) is 32.2. The average molecular weight is 1350 g/mol. The van der Waals surface area contributed by atoms with Gasteiger partial charge in [0, 0.05) is 58.3 Å². The number of phenolic OH excluding ortho intramolecular Hbond substituents is 2. The molecule has 77 heavy (non-hydrogen) atoms. The van der Waals surface area contributed by atoms with Gasteiger partial charge in [0.25, 0.3) is 0 Å². The van der Waals surface area contributed by atoms with Crippen molar-refractivity contribution in [2.45, 2.75) is 85.1 Å². The van der Waals surface area contributed by atoms with Crippen LogP contribution in [0.25, 0.3) is 33.8 Å². The van der Waals surface area contributed by atoms with Crippen LogP contribution in [0, 0.1) is 12.0 Å². The normalized spacial score (nSPS) is 11.6. The van der Waals surface area contributed by atoms with E-state index in [0.29, 0.717) is 50.8 Å². The summed E-state index contributed by atoms with van der Waals surface area (Å²) < 4.78 is 33.1. The van der Waals surface area contributed by atoms with Crippen molar-refractivity contribution >= 4 is 95.9 Å². The molecule has 7 rings (SSSR count). The van der Waals surface area contributed by atoms with Crippen LogP contribution in [-0.2, 0) is 19.1 Å². The molecule has 0 spiro atoms. The number of carbonyl (C=O) groups excluding carboxylic acids is 2. The van der Waals surface area contributed by atoms with Crippen LogP contribution in [0.4, 0.5) is 0 Å². The number of rotatable bonds is 11. The van der Waals surface area contributed by atoms with Gasteiger partial charge in [0.1, 0.15) is 84.8 Å². The molecule has 7 aromatic rings. The summed E-state index contributed by atoms with van der Waals surface area (Å²) in [7, 11) is -1.10. The van der Waals surface area contributed by atoms with Gasteiger partial charge >= 0.3 is 41.5 Å². The number of hydrogen-bond donors (Lipinski definition) is 5. The van der Waals surface area contributed by atoms with Crippen molar-refractivity contribution in [1.82, 2.24) is 15.5 Å². The molecule has 25 heteroatoms. The molecule has 3 atom stereocenters. The van der Waals surface area contributed by atoms with Gasteiger partial charge in [0.2, 0.25) is 0 Å². The maximum absolute atomic E-state index is 10.8. The summed E-state index contributed by atoms with van der Waals surface area (Å²) in [5, 5.41) is 69.2. The van der Waals surface area contributed by atoms with Crippen molar-refractivity contribution < 1.29 is 102 Å². The Kier molecular flexibility index (Phi) is 30.8. The summed E-state index contributed by atoms with van der Waals surface area (Å²) >= 11 is 13.2. The van der Waals surface area contributed by atoms with E-state index in [4.69, 9.17) is 50.2 Å². The summed E-state index contributed by atoms with van der Waals surface area (Å²) in [6.45, 7) is 16.0. The molecule has 0 saturated heterocycles. The van der Waals surface area contributed by atoms with Gasteiger partial charge in [-0.1, -0.05) is 104 Å². The minimum atomic E-state index is -1.27. The summed E-state index contributed by atoms with van der Waals surface area (Å²) in [6.07, 6.45) is 7.62. The van der Waals surface area contributed by atoms with Gasteiger partial charge in [-0.25, -0.2) is 9.59 Å². The number of esters is 1. The molecule has 3 heterocycles. The number of carboxylic acids is 2. The molecule has 0 radical (unpaired) electrons. The first-order valence-corrected chi connectivity index (χ1v) is 28.8. The zero-order valence-electron chi connectivity index (χ0n) is 43.4. The van der Waals surface area contributed by atoms with Gasteiger partial charge in [-0.3, -0.25) is 0 Å². The third-order valence-electron chi connectivity index (χ3n) is 8.64. The Morgan fingerprint density at radius 2 is 1.06 bits per heavy atom. The molecule has 0 fully saturated rings. The fourth-order valence-corrected chi connectivity index (χ4v) is 6.40. The van der Waals surface area contributed by atoms with Gasteiger partial charge in [0.15, 0.2) is 6.10 Å². The Hall–Kier alpha value is -5.75. The molecule has 0 aliphatic carbocycles. The number of hydrogen-bond acceptors (Lipinski definition) is 18. The fourth-order valence-electron chi connectivity index (χ4n) is 4.94. The van der Waals surface area contributed by atoms with Gasteiger partial charge in [0.05, 0.1) is 12.2 Å². The van der Waals surface area contributed by atoms with Crippen molar-refractivity contribution in [1.29, 1.82) is 0 Å². The molecule has 0 aliphatic heterocycles. The number of carbonyl (C=O) groups is 3. The summed E-state index contributed by atoms with van der Waals surface area (Å²) in [6, 6.07) is 25.5. The second-order valence-electron chi connectivity index (χ2n) is 17.3. The van der Waals surface area contributed by atoms with Crippen LogP contribution in [0.5, 0.6) is 23.0 Å². The first kappa shape index (κ1) is 69.3. The monoisotopic (exact) mass is 1340 g/mol. The van der Waals surface area contributed by atoms with Crippen LogP contribution in [0.2, 0.25) is 19.6 Å². The third kappa shape index (κ3) is 26.9. The number of ether oxygens (including phenoxy) is 3. The van der Waals surface area contributed by atoms with Crippen molar-refractivity contribution in [2.24, 2.45) is 5.16 Å². The van der Waals surface area contributed by atoms with Crippen molar-refractivity contribution in [2.75, 3.05) is 0 Å². The largest absolute Gasteiger partial charge is 1.00 e. The van der Waals surface area contributed by atoms with E-state index >= 15 is 0 Å². The topological polar surface area (TPSA) is 294 Å². The summed E-state index contributed by atoms with van der Waals surface area (Å²) in [5.41, 5.74) is 6.46. The number of carboxylic acid groups (broad SMARTS) is 2. The Morgan fingerprint density at radius 1 is 0.688 bits per heavy atom. The van der Waals surface area contributed by atoms with E-state index in [-0.39, 0.29) is 41.1 Å². The minimum Gasteiger partial charge on any atom is -0.546 e. The van der Waals surface area contributed by atoms with E-state index in [1.807, 2.05) is 0 Å². The molecule has 0 aliphatic rings. The molecule has 19 nitrogen and oxygen atoms in total. The number of aliphatic carboxylic acids is 2. The van der Waals surface area contributed by atoms with E-state index in [9.17, 15) is 24.6 Å². The van der Waals surface area contributed by atoms with Crippen molar-refractivity contribution in [3.05, 3.63) is 133 Å². The number of benzene rings is 4. The van der Waals surface area contributed by atoms with Gasteiger partial charge in [-0.2, -0.15) is 0 Å². The van der Waals surface area contributed by atoms with Crippen molar-refractivity contribution in [3.63, 3.8) is 0 Å². The second kappa shape index (κ2) is 34.2. The van der Waals surface area contributed by atoms with Crippen LogP contribution >= 0.6 is 63.7 Å². The van der Waals surface area contributed by atoms with Crippen LogP contribution in [0.3, 0.4) is 0 Å². The maximum atomic E-state index is 10.8. The molecule has 0 unspecified atom stereocenters. The predicted molar refractivity (Wildman–Crippen MR) is 298 cm³/mol. The quantitative estimate of drug-likeness (QED) is 0.0202. The van der Waals surface area contributed by atoms with Gasteiger partial charge in [-0.15, -0.1) is 12.0 Å². The van der Waals surface area contributed by atoms with Crippen LogP contribution in [0.1, 0.15) is 47.1 Å². The number of phenols is 2. The predicted octanol–water partition coefficient (Wildman–Crippen LogP) is 8.56. The van der Waals surface area contributed by atoms with Crippen molar-refractivity contribution in [3.8, 4) is 68.7 Å². The molecule has 0 amide bonds. The van der Waals surface area contributed by atoms with E-state index in [1.165, 1.54) is 51.8 Å². The van der Waals surface area contributed by atoms with Gasteiger partial charge in [-0.05, 0) is 114 Å². The third-order valence-corrected chi connectivity index (χ3v) is 11.5. The maximum Gasteiger partial charge on any atom is 1.00 e. The molecule has 3 aromatic heterocycles. The standard InChI is InChI=1S/2C12H10BrNO4.C9H6BrNO2.C7H6BrNO2.C7H14O3.C5H10Si.Na/c2*1-7(12(15)16)18-11-3-2-8(13)6-9(11)10-4-5-17-14-10;10-6-1-2-9(12)7(5-6)8-3-4-13-11-8;8-6-1-2-7(10)5(3-6)4-9-11;1-5(8)6(9)10-7(2,3)4;1-5-6(2,3)4;/h2*2-7H,1H3,(H,15,16);1-5,12H;1-4,10-11H;5,8H,1-4H3;1H,2-4H3;/q;;;;;;+1/p-1/b;;;9-4+;;;/t2*7-;;;5-;;/m00..1../s1. The number of halogens is 4. The number of oxime groups is 1. The Labute approximate surface area is 501 Å². The van der Waals surface area contributed by atoms with E-state index in [1.54, 1.807) is 106 Å². The van der Waals surface area contributed by atoms with E-state index in [0.717, 1.165) is 17.9 Å². The number of nitrogens with zero attached hydrogens (tertiary/aromatic N) is 4. The Bertz CT molecular complexity index is 2880.